The first-order valence-electron chi connectivity index (χ1n) is 18.0. The monoisotopic (exact) mass is 1190 g/mol. The SMILES string of the molecule is [3H]CSCOC(=O)N[C@@H](C1CCCCC1)[C@@H](O)C(=O)O[C@H]1C[C@@]2(O)[C@@H](OC(C)=O)[C@@H]3[C@](O)(CO)[C@H](C)C[C@H](O)[C@@]3(C)C(=O)[C@H](O)C(=C1C)C2(C)C.[Ac].[Ac]. The Morgan fingerprint density at radius 3 is 2.25 bits per heavy atom. The third kappa shape index (κ3) is 8.71. The van der Waals surface area contributed by atoms with E-state index in [4.69, 9.17) is 15.6 Å². The molecule has 0 aromatic heterocycles. The quantitative estimate of drug-likeness (QED) is 0.0569. The van der Waals surface area contributed by atoms with E-state index in [1.807, 2.05) is 0 Å². The average Bonchev–Trinajstić information content (AvgIpc) is 3.07. The van der Waals surface area contributed by atoms with Gasteiger partial charge in [0.05, 0.1) is 29.8 Å². The second kappa shape index (κ2) is 18.9. The van der Waals surface area contributed by atoms with Crippen molar-refractivity contribution in [2.75, 3.05) is 18.8 Å². The van der Waals surface area contributed by atoms with E-state index >= 15 is 0 Å². The molecule has 290 valence electrons. The number of amides is 1. The molecule has 0 unspecified atom stereocenters. The van der Waals surface area contributed by atoms with Crippen molar-refractivity contribution < 1.29 is 154 Å². The van der Waals surface area contributed by atoms with Gasteiger partial charge in [0.25, 0.3) is 0 Å². The maximum absolute atomic E-state index is 14.5. The van der Waals surface area contributed by atoms with Gasteiger partial charge in [0.15, 0.2) is 11.9 Å². The topological polar surface area (TPSA) is 229 Å². The minimum atomic E-state index is -2.31. The van der Waals surface area contributed by atoms with Crippen LogP contribution in [-0.4, -0.2) is 121 Å². The molecule has 0 heterocycles. The van der Waals surface area contributed by atoms with Gasteiger partial charge in [-0.3, -0.25) is 9.59 Å². The number of carbonyl (C=O) groups excluding carboxylic acids is 4. The Morgan fingerprint density at radius 2 is 1.69 bits per heavy atom. The maximum atomic E-state index is 14.5. The molecule has 7 N–H and O–H groups in total. The van der Waals surface area contributed by atoms with Crippen LogP contribution in [0, 0.1) is 117 Å². The van der Waals surface area contributed by atoms with Crippen LogP contribution < -0.4 is 5.32 Å². The molecule has 1 amide bonds. The number of aliphatic hydroxyl groups is 6. The maximum Gasteiger partial charge on any atom is 0.408 e. The van der Waals surface area contributed by atoms with Crippen LogP contribution in [0.25, 0.3) is 0 Å². The summed E-state index contributed by atoms with van der Waals surface area (Å²) in [6.07, 6.45) is -6.39. The molecular weight excluding hydrogens is 1130 g/mol. The number of thioether (sulfide) groups is 1. The van der Waals surface area contributed by atoms with Crippen molar-refractivity contribution in [3.8, 4) is 0 Å². The Kier molecular flexibility index (Phi) is 17.1. The van der Waals surface area contributed by atoms with Crippen molar-refractivity contribution in [2.45, 2.75) is 134 Å². The number of rotatable bonds is 9. The third-order valence-electron chi connectivity index (χ3n) is 12.4. The Labute approximate surface area is 382 Å². The Bertz CT molecular complexity index is 1380. The van der Waals surface area contributed by atoms with Gasteiger partial charge in [-0.2, -0.15) is 0 Å². The molecule has 2 bridgehead atoms. The molecular formula is C35H55Ac2NO13S. The molecule has 14 nitrogen and oxygen atoms in total. The van der Waals surface area contributed by atoms with Crippen LogP contribution in [0.4, 0.5) is 4.79 Å². The summed E-state index contributed by atoms with van der Waals surface area (Å²) in [6.45, 7) is 7.52. The van der Waals surface area contributed by atoms with Crippen LogP contribution in [0.5, 0.6) is 0 Å². The van der Waals surface area contributed by atoms with E-state index in [-0.39, 0.29) is 124 Å². The molecule has 0 aliphatic heterocycles. The van der Waals surface area contributed by atoms with E-state index in [2.05, 4.69) is 5.32 Å². The number of ether oxygens (including phenoxy) is 3. The molecule has 3 fully saturated rings. The van der Waals surface area contributed by atoms with Crippen molar-refractivity contribution in [3.63, 3.8) is 0 Å². The average molecular weight is 1190 g/mol. The first-order valence-corrected chi connectivity index (χ1v) is 18.4. The smallest absolute Gasteiger partial charge is 0.408 e. The summed E-state index contributed by atoms with van der Waals surface area (Å²) in [6, 6.07) is -1.11. The summed E-state index contributed by atoms with van der Waals surface area (Å²) in [5.74, 6) is -5.95. The number of nitrogens with one attached hydrogen (secondary N) is 1. The molecule has 0 saturated heterocycles. The largest absolute Gasteiger partial charge is 0.459 e. The summed E-state index contributed by atoms with van der Waals surface area (Å²) in [7, 11) is 0. The van der Waals surface area contributed by atoms with E-state index in [1.165, 1.54) is 27.7 Å². The molecule has 52 heavy (non-hydrogen) atoms. The van der Waals surface area contributed by atoms with E-state index in [0.717, 1.165) is 37.9 Å². The van der Waals surface area contributed by atoms with Crippen molar-refractivity contribution in [1.82, 2.24) is 5.32 Å². The fourth-order valence-corrected chi connectivity index (χ4v) is 9.53. The Balaban J connectivity index is 0.00000486. The molecule has 0 aromatic rings. The molecule has 0 spiro atoms. The van der Waals surface area contributed by atoms with Gasteiger partial charge in [0.1, 0.15) is 29.9 Å². The van der Waals surface area contributed by atoms with Crippen molar-refractivity contribution in [3.05, 3.63) is 11.1 Å². The first kappa shape index (κ1) is 47.0. The predicted molar refractivity (Wildman–Crippen MR) is 180 cm³/mol. The van der Waals surface area contributed by atoms with Crippen molar-refractivity contribution in [1.29, 1.82) is 0 Å². The predicted octanol–water partition coefficient (Wildman–Crippen LogP) is 1.35. The minimum absolute atomic E-state index is 0. The van der Waals surface area contributed by atoms with Crippen LogP contribution in [0.3, 0.4) is 0 Å². The number of alkyl carbamates (subject to hydrolysis) is 1. The second-order valence-corrected chi connectivity index (χ2v) is 16.0. The Hall–Kier alpha value is 0.613. The minimum Gasteiger partial charge on any atom is -0.459 e. The first-order chi connectivity index (χ1) is 23.7. The van der Waals surface area contributed by atoms with Gasteiger partial charge < -0.3 is 50.2 Å². The molecule has 17 heteroatoms. The number of carbonyl (C=O) groups is 4. The van der Waals surface area contributed by atoms with Crippen LogP contribution in [-0.2, 0) is 28.6 Å². The van der Waals surface area contributed by atoms with Crippen LogP contribution >= 0.6 is 11.8 Å². The molecule has 0 aromatic carbocycles. The number of ketones is 1. The molecule has 4 aliphatic carbocycles. The van der Waals surface area contributed by atoms with Gasteiger partial charge in [-0.1, -0.05) is 40.0 Å². The van der Waals surface area contributed by atoms with E-state index in [9.17, 15) is 49.8 Å². The summed E-state index contributed by atoms with van der Waals surface area (Å²) in [5.41, 5.74) is -8.01. The fraction of sp³-hybridized carbons (Fsp3) is 0.829. The summed E-state index contributed by atoms with van der Waals surface area (Å²) in [5, 5.41) is 73.0. The third-order valence-corrected chi connectivity index (χ3v) is 12.7. The second-order valence-electron chi connectivity index (χ2n) is 15.4. The zero-order valence-corrected chi connectivity index (χ0v) is 41.2. The summed E-state index contributed by atoms with van der Waals surface area (Å²) in [4.78, 5) is 53.7. The van der Waals surface area contributed by atoms with Gasteiger partial charge in [-0.05, 0) is 62.3 Å². The number of hydrogen-bond donors (Lipinski definition) is 7. The summed E-state index contributed by atoms with van der Waals surface area (Å²) >= 11 is 1.04. The standard InChI is InChI=1S/C35H55NO13S.2Ac/c1-17-13-22(39)33(6)27(34(17,45)15-37)29(48-19(3)38)35(46)14-21(18(2)23(32(35,4)5)25(40)28(33)42)49-30(43)26(41)24(20-11-9-8-10-12-20)36-31(44)47-16-50-7;;/h17,20-22,24-27,29,37,39-41,45-46H,8-16H2,1-7H3,(H,36,44);;/t17-,21+,22+,24+,25-,26-,27+,29+,33-,34+,35-;;/m1../s1/i7T;;. The van der Waals surface area contributed by atoms with Crippen molar-refractivity contribution >= 4 is 35.6 Å². The van der Waals surface area contributed by atoms with Gasteiger partial charge in [0.2, 0.25) is 0 Å². The normalized spacial score (nSPS) is 37.3. The van der Waals surface area contributed by atoms with Crippen LogP contribution in [0.15, 0.2) is 11.1 Å². The van der Waals surface area contributed by atoms with E-state index in [1.54, 1.807) is 6.92 Å². The van der Waals surface area contributed by atoms with Gasteiger partial charge in [-0.15, -0.1) is 11.8 Å². The van der Waals surface area contributed by atoms with E-state index < -0.39 is 107 Å². The number of Topliss-reactive ketones (excluding diaryl/α,β-unsaturated/α-hetero) is 1. The Morgan fingerprint density at radius 1 is 1.08 bits per heavy atom. The van der Waals surface area contributed by atoms with Crippen molar-refractivity contribution in [2.24, 2.45) is 28.6 Å². The molecule has 3 saturated carbocycles. The number of hydrogen-bond acceptors (Lipinski definition) is 14. The number of fused-ring (bicyclic) bond motifs is 3. The van der Waals surface area contributed by atoms with Gasteiger partial charge in [0, 0.05) is 114 Å². The zero-order chi connectivity index (χ0) is 38.3. The molecule has 4 rings (SSSR count). The summed E-state index contributed by atoms with van der Waals surface area (Å²) < 4.78 is 24.0. The zero-order valence-electron chi connectivity index (χ0n) is 31.9. The fourth-order valence-electron chi connectivity index (χ4n) is 9.34. The number of aliphatic hydroxyl groups excluding tert-OH is 4. The van der Waals surface area contributed by atoms with Gasteiger partial charge >= 0.3 is 18.0 Å². The number of esters is 2. The molecule has 2 radical (unpaired) electrons. The van der Waals surface area contributed by atoms with Gasteiger partial charge in [-0.25, -0.2) is 9.59 Å². The van der Waals surface area contributed by atoms with Crippen LogP contribution in [0.1, 0.15) is 87.9 Å². The van der Waals surface area contributed by atoms with Crippen LogP contribution in [0.2, 0.25) is 0 Å². The molecule has 4 aliphatic rings. The van der Waals surface area contributed by atoms with E-state index in [0.29, 0.717) is 12.8 Å². The molecule has 11 atom stereocenters.